The van der Waals surface area contributed by atoms with Gasteiger partial charge in [0, 0.05) is 6.07 Å². The van der Waals surface area contributed by atoms with E-state index in [9.17, 15) is 9.18 Å². The van der Waals surface area contributed by atoms with Crippen LogP contribution in [0.1, 0.15) is 0 Å². The predicted octanol–water partition coefficient (Wildman–Crippen LogP) is 3.41. The number of carboxylic acid groups (broad SMARTS) is 1. The number of hydrogen-bond acceptors (Lipinski definition) is 2. The summed E-state index contributed by atoms with van der Waals surface area (Å²) in [5.74, 6) is -1.93. The second kappa shape index (κ2) is 4.88. The maximum absolute atomic E-state index is 12.7. The molecule has 0 spiro atoms. The molecule has 0 saturated heterocycles. The molecular formula is C8H4Cl3FO3. The lowest BCUT2D eigenvalue weighted by Gasteiger charge is -2.09. The lowest BCUT2D eigenvalue weighted by Crippen LogP contribution is -2.21. The van der Waals surface area contributed by atoms with Gasteiger partial charge in [0.15, 0.2) is 0 Å². The first kappa shape index (κ1) is 12.4. The minimum atomic E-state index is -2.50. The summed E-state index contributed by atoms with van der Waals surface area (Å²) >= 11 is 16.8. The van der Waals surface area contributed by atoms with Gasteiger partial charge in [-0.05, 0) is 6.07 Å². The monoisotopic (exact) mass is 272 g/mol. The summed E-state index contributed by atoms with van der Waals surface area (Å²) in [5.41, 5.74) is 0. The van der Waals surface area contributed by atoms with E-state index in [0.29, 0.717) is 0 Å². The number of hydrogen-bond donors (Lipinski definition) is 1. The topological polar surface area (TPSA) is 46.5 Å². The minimum Gasteiger partial charge on any atom is -0.476 e. The molecule has 1 aromatic carbocycles. The fourth-order valence-corrected chi connectivity index (χ4v) is 1.34. The molecule has 0 radical (unpaired) electrons. The van der Waals surface area contributed by atoms with E-state index in [2.05, 4.69) is 4.74 Å². The Kier molecular flexibility index (Phi) is 4.02. The quantitative estimate of drug-likeness (QED) is 0.859. The second-order valence-electron chi connectivity index (χ2n) is 2.47. The van der Waals surface area contributed by atoms with Gasteiger partial charge >= 0.3 is 12.3 Å². The normalized spacial score (nSPS) is 12.3. The van der Waals surface area contributed by atoms with Gasteiger partial charge in [-0.15, -0.1) is 0 Å². The van der Waals surface area contributed by atoms with Crippen LogP contribution in [-0.2, 0) is 4.79 Å². The van der Waals surface area contributed by atoms with Crippen LogP contribution in [0.25, 0.3) is 0 Å². The Morgan fingerprint density at radius 3 is 2.33 bits per heavy atom. The smallest absolute Gasteiger partial charge is 0.378 e. The molecule has 1 atom stereocenters. The third-order valence-corrected chi connectivity index (χ3v) is 2.42. The second-order valence-corrected chi connectivity index (χ2v) is 3.69. The summed E-state index contributed by atoms with van der Waals surface area (Å²) in [5, 5.41) is 8.49. The van der Waals surface area contributed by atoms with Crippen LogP contribution in [0.2, 0.25) is 15.1 Å². The van der Waals surface area contributed by atoms with E-state index in [1.165, 1.54) is 6.07 Å². The fourth-order valence-electron chi connectivity index (χ4n) is 0.757. The van der Waals surface area contributed by atoms with E-state index in [1.54, 1.807) is 0 Å². The predicted molar refractivity (Wildman–Crippen MR) is 54.6 cm³/mol. The van der Waals surface area contributed by atoms with Gasteiger partial charge in [0.05, 0.1) is 15.1 Å². The van der Waals surface area contributed by atoms with Crippen molar-refractivity contribution in [2.45, 2.75) is 6.36 Å². The maximum atomic E-state index is 12.7. The number of halogens is 4. The van der Waals surface area contributed by atoms with Crippen LogP contribution in [-0.4, -0.2) is 17.4 Å². The first-order valence-corrected chi connectivity index (χ1v) is 4.73. The summed E-state index contributed by atoms with van der Waals surface area (Å²) in [4.78, 5) is 10.2. The molecule has 0 aliphatic rings. The molecule has 3 nitrogen and oxygen atoms in total. The van der Waals surface area contributed by atoms with Crippen molar-refractivity contribution >= 4 is 40.8 Å². The van der Waals surface area contributed by atoms with Crippen molar-refractivity contribution in [1.29, 1.82) is 0 Å². The molecule has 1 N–H and O–H groups in total. The SMILES string of the molecule is O=C(O)C(F)Oc1cc(Cl)c(Cl)cc1Cl. The van der Waals surface area contributed by atoms with Crippen molar-refractivity contribution in [3.8, 4) is 5.75 Å². The highest BCUT2D eigenvalue weighted by Crippen LogP contribution is 2.34. The van der Waals surface area contributed by atoms with E-state index >= 15 is 0 Å². The zero-order valence-corrected chi connectivity index (χ0v) is 9.28. The summed E-state index contributed by atoms with van der Waals surface area (Å²) in [7, 11) is 0. The average molecular weight is 273 g/mol. The molecule has 7 heteroatoms. The third kappa shape index (κ3) is 3.12. The van der Waals surface area contributed by atoms with Crippen LogP contribution < -0.4 is 4.74 Å². The van der Waals surface area contributed by atoms with Crippen molar-refractivity contribution in [2.24, 2.45) is 0 Å². The standard InChI is InChI=1S/C8H4Cl3FO3/c9-3-1-5(11)6(2-4(3)10)15-7(12)8(13)14/h1-2,7H,(H,13,14). The van der Waals surface area contributed by atoms with E-state index in [0.717, 1.165) is 6.07 Å². The number of rotatable bonds is 3. The lowest BCUT2D eigenvalue weighted by molar-refractivity contribution is -0.153. The summed E-state index contributed by atoms with van der Waals surface area (Å²) in [6.45, 7) is 0. The zero-order valence-electron chi connectivity index (χ0n) is 7.01. The van der Waals surface area contributed by atoms with Gasteiger partial charge in [-0.1, -0.05) is 34.8 Å². The van der Waals surface area contributed by atoms with Gasteiger partial charge in [-0.2, -0.15) is 4.39 Å². The number of carboxylic acids is 1. The first-order chi connectivity index (χ1) is 6.91. The molecule has 1 aromatic rings. The number of ether oxygens (including phenoxy) is 1. The minimum absolute atomic E-state index is 0.0201. The van der Waals surface area contributed by atoms with Gasteiger partial charge < -0.3 is 9.84 Å². The highest BCUT2D eigenvalue weighted by molar-refractivity contribution is 6.43. The highest BCUT2D eigenvalue weighted by atomic mass is 35.5. The highest BCUT2D eigenvalue weighted by Gasteiger charge is 2.19. The average Bonchev–Trinajstić information content (AvgIpc) is 2.13. The van der Waals surface area contributed by atoms with Crippen LogP contribution >= 0.6 is 34.8 Å². The van der Waals surface area contributed by atoms with Crippen LogP contribution in [0.15, 0.2) is 12.1 Å². The Morgan fingerprint density at radius 1 is 1.27 bits per heavy atom. The molecule has 0 amide bonds. The van der Waals surface area contributed by atoms with E-state index in [-0.39, 0.29) is 20.8 Å². The molecule has 0 saturated carbocycles. The Morgan fingerprint density at radius 2 is 1.80 bits per heavy atom. The molecular weight excluding hydrogens is 269 g/mol. The molecule has 82 valence electrons. The summed E-state index contributed by atoms with van der Waals surface area (Å²) in [6, 6.07) is 2.37. The zero-order chi connectivity index (χ0) is 11.6. The van der Waals surface area contributed by atoms with Crippen molar-refractivity contribution < 1.29 is 19.0 Å². The van der Waals surface area contributed by atoms with Gasteiger partial charge in [-0.3, -0.25) is 0 Å². The maximum Gasteiger partial charge on any atom is 0.378 e. The van der Waals surface area contributed by atoms with E-state index in [4.69, 9.17) is 39.9 Å². The Bertz CT molecular complexity index is 397. The first-order valence-electron chi connectivity index (χ1n) is 3.60. The molecule has 0 aromatic heterocycles. The van der Waals surface area contributed by atoms with Crippen molar-refractivity contribution in [3.05, 3.63) is 27.2 Å². The molecule has 1 unspecified atom stereocenters. The molecule has 0 heterocycles. The van der Waals surface area contributed by atoms with E-state index < -0.39 is 12.3 Å². The number of carbonyl (C=O) groups is 1. The van der Waals surface area contributed by atoms with Gasteiger partial charge in [0.1, 0.15) is 5.75 Å². The third-order valence-electron chi connectivity index (χ3n) is 1.40. The molecule has 0 bridgehead atoms. The van der Waals surface area contributed by atoms with Crippen LogP contribution in [0.3, 0.4) is 0 Å². The number of benzene rings is 1. The summed E-state index contributed by atoms with van der Waals surface area (Å²) < 4.78 is 17.1. The fraction of sp³-hybridized carbons (Fsp3) is 0.125. The molecule has 1 rings (SSSR count). The van der Waals surface area contributed by atoms with Crippen LogP contribution in [0.5, 0.6) is 5.75 Å². The number of alkyl halides is 1. The molecule has 0 fully saturated rings. The number of aliphatic carboxylic acids is 1. The van der Waals surface area contributed by atoms with Gasteiger partial charge in [-0.25, -0.2) is 4.79 Å². The Hall–Kier alpha value is -0.710. The Balaban J connectivity index is 2.95. The van der Waals surface area contributed by atoms with Gasteiger partial charge in [0.2, 0.25) is 0 Å². The van der Waals surface area contributed by atoms with Crippen molar-refractivity contribution in [1.82, 2.24) is 0 Å². The van der Waals surface area contributed by atoms with Crippen LogP contribution in [0.4, 0.5) is 4.39 Å². The largest absolute Gasteiger partial charge is 0.476 e. The summed E-state index contributed by atoms with van der Waals surface area (Å²) in [6.07, 6.45) is -2.50. The lowest BCUT2D eigenvalue weighted by atomic mass is 10.3. The Labute approximate surface area is 99.3 Å². The molecule has 0 aliphatic carbocycles. The van der Waals surface area contributed by atoms with Crippen molar-refractivity contribution in [2.75, 3.05) is 0 Å². The van der Waals surface area contributed by atoms with E-state index in [1.807, 2.05) is 0 Å². The molecule has 15 heavy (non-hydrogen) atoms. The van der Waals surface area contributed by atoms with Crippen LogP contribution in [0, 0.1) is 0 Å². The van der Waals surface area contributed by atoms with Gasteiger partial charge in [0.25, 0.3) is 0 Å². The van der Waals surface area contributed by atoms with Crippen molar-refractivity contribution in [3.63, 3.8) is 0 Å². The molecule has 0 aliphatic heterocycles.